The van der Waals surface area contributed by atoms with Crippen LogP contribution in [0.15, 0.2) is 138 Å². The largest absolute Gasteiger partial charge is 0.530 e. The second-order valence-corrected chi connectivity index (χ2v) is 13.0. The number of carbonyl (C=O) groups excluding carboxylic acids is 1. The third kappa shape index (κ3) is 7.63. The number of phosphoric ester groups is 1. The molecule has 5 aromatic carbocycles. The summed E-state index contributed by atoms with van der Waals surface area (Å²) in [5, 5.41) is 11.2. The fraction of sp³-hybridized carbons (Fsp3) is 0.128. The molecule has 0 unspecified atom stereocenters. The molecule has 0 aliphatic carbocycles. The van der Waals surface area contributed by atoms with Gasteiger partial charge in [0.15, 0.2) is 5.75 Å². The van der Waals surface area contributed by atoms with Gasteiger partial charge in [-0.3, -0.25) is 18.6 Å². The van der Waals surface area contributed by atoms with Crippen LogP contribution >= 0.6 is 7.82 Å². The van der Waals surface area contributed by atoms with Crippen LogP contribution in [0, 0.1) is 0 Å². The fourth-order valence-electron chi connectivity index (χ4n) is 5.41. The molecule has 6 aromatic rings. The third-order valence-electron chi connectivity index (χ3n) is 8.07. The molecule has 0 fully saturated rings. The van der Waals surface area contributed by atoms with Crippen LogP contribution in [0.5, 0.6) is 17.2 Å². The Hall–Kier alpha value is -5.67. The van der Waals surface area contributed by atoms with E-state index in [1.165, 1.54) is 22.6 Å². The molecule has 0 spiro atoms. The first-order chi connectivity index (χ1) is 24.3. The van der Waals surface area contributed by atoms with Crippen molar-refractivity contribution < 1.29 is 32.8 Å². The van der Waals surface area contributed by atoms with Crippen molar-refractivity contribution in [2.75, 3.05) is 12.0 Å². The quantitative estimate of drug-likeness (QED) is 0.121. The van der Waals surface area contributed by atoms with Crippen LogP contribution in [0.25, 0.3) is 10.9 Å². The van der Waals surface area contributed by atoms with Gasteiger partial charge < -0.3 is 23.8 Å². The molecule has 1 N–H and O–H groups in total. The van der Waals surface area contributed by atoms with Crippen molar-refractivity contribution in [1.29, 1.82) is 0 Å². The number of hydrogen-bond acceptors (Lipinski definition) is 8. The number of benzene rings is 5. The first kappa shape index (κ1) is 34.2. The number of aromatic nitrogens is 1. The molecule has 0 bridgehead atoms. The highest BCUT2D eigenvalue weighted by Gasteiger charge is 2.36. The van der Waals surface area contributed by atoms with Gasteiger partial charge in [-0.15, -0.1) is 0 Å². The van der Waals surface area contributed by atoms with Gasteiger partial charge in [0.1, 0.15) is 17.1 Å². The molecule has 0 saturated carbocycles. The lowest BCUT2D eigenvalue weighted by atomic mass is 10.1. The number of phosphoric acid groups is 1. The molecule has 1 heterocycles. The lowest BCUT2D eigenvalue weighted by molar-refractivity contribution is 0.0980. The molecule has 0 aliphatic heterocycles. The Morgan fingerprint density at radius 2 is 1.34 bits per heavy atom. The number of carbonyl (C=O) groups is 1. The Morgan fingerprint density at radius 1 is 0.780 bits per heavy atom. The van der Waals surface area contributed by atoms with E-state index in [9.17, 15) is 19.3 Å². The van der Waals surface area contributed by atoms with Crippen LogP contribution in [0.4, 0.5) is 5.69 Å². The molecule has 1 aromatic heterocycles. The Kier molecular flexibility index (Phi) is 10.4. The summed E-state index contributed by atoms with van der Waals surface area (Å²) < 4.78 is 39.2. The van der Waals surface area contributed by atoms with Gasteiger partial charge in [0, 0.05) is 29.8 Å². The molecule has 0 radical (unpaired) electrons. The van der Waals surface area contributed by atoms with E-state index in [1.54, 1.807) is 98.0 Å². The van der Waals surface area contributed by atoms with Gasteiger partial charge in [-0.25, -0.2) is 4.57 Å². The summed E-state index contributed by atoms with van der Waals surface area (Å²) in [4.78, 5) is 30.4. The molecule has 11 heteroatoms. The molecule has 6 rings (SSSR count). The van der Waals surface area contributed by atoms with E-state index in [4.69, 9.17) is 18.3 Å². The van der Waals surface area contributed by atoms with Crippen molar-refractivity contribution in [1.82, 2.24) is 4.57 Å². The second kappa shape index (κ2) is 15.3. The summed E-state index contributed by atoms with van der Waals surface area (Å²) in [7, 11) is -1.51. The predicted octanol–water partition coefficient (Wildman–Crippen LogP) is 8.02. The maximum atomic E-state index is 14.8. The van der Waals surface area contributed by atoms with Crippen molar-refractivity contribution in [2.24, 2.45) is 7.05 Å². The minimum Gasteiger partial charge on any atom is -0.507 e. The Bertz CT molecular complexity index is 2160. The number of pyridine rings is 1. The van der Waals surface area contributed by atoms with Gasteiger partial charge in [-0.05, 0) is 47.5 Å². The number of phenolic OH excluding ortho intramolecular Hbond substituents is 1. The van der Waals surface area contributed by atoms with Crippen LogP contribution in [0.2, 0.25) is 0 Å². The van der Waals surface area contributed by atoms with E-state index in [1.807, 2.05) is 36.4 Å². The van der Waals surface area contributed by atoms with E-state index in [2.05, 4.69) is 0 Å². The van der Waals surface area contributed by atoms with Crippen LogP contribution in [-0.4, -0.2) is 22.7 Å². The molecule has 50 heavy (non-hydrogen) atoms. The number of anilines is 1. The van der Waals surface area contributed by atoms with Crippen LogP contribution in [0.1, 0.15) is 27.0 Å². The van der Waals surface area contributed by atoms with Crippen LogP contribution < -0.4 is 19.7 Å². The van der Waals surface area contributed by atoms with Crippen LogP contribution in [-0.2, 0) is 40.4 Å². The van der Waals surface area contributed by atoms with Gasteiger partial charge in [0.25, 0.3) is 11.5 Å². The number of amides is 1. The molecular weight excluding hydrogens is 655 g/mol. The highest BCUT2D eigenvalue weighted by Crippen LogP contribution is 2.53. The first-order valence-electron chi connectivity index (χ1n) is 15.8. The highest BCUT2D eigenvalue weighted by atomic mass is 31.2. The van der Waals surface area contributed by atoms with Gasteiger partial charge in [0.05, 0.1) is 32.4 Å². The number of methoxy groups -OCH3 is 1. The molecule has 0 atom stereocenters. The Labute approximate surface area is 289 Å². The zero-order valence-corrected chi connectivity index (χ0v) is 28.4. The zero-order chi connectivity index (χ0) is 35.1. The number of aryl methyl sites for hydroxylation is 1. The molecular formula is C39H35N2O8P. The Morgan fingerprint density at radius 3 is 1.92 bits per heavy atom. The lowest BCUT2D eigenvalue weighted by Gasteiger charge is -2.26. The van der Waals surface area contributed by atoms with Gasteiger partial charge in [0.2, 0.25) is 0 Å². The van der Waals surface area contributed by atoms with E-state index in [-0.39, 0.29) is 31.3 Å². The first-order valence-corrected chi connectivity index (χ1v) is 17.2. The lowest BCUT2D eigenvalue weighted by Crippen LogP contribution is -2.37. The molecule has 1 amide bonds. The number of hydrogen-bond donors (Lipinski definition) is 1. The number of phenols is 1. The van der Waals surface area contributed by atoms with Crippen molar-refractivity contribution in [3.05, 3.63) is 166 Å². The average molecular weight is 691 g/mol. The van der Waals surface area contributed by atoms with E-state index in [0.717, 1.165) is 0 Å². The fourth-order valence-corrected chi connectivity index (χ4v) is 6.61. The highest BCUT2D eigenvalue weighted by molar-refractivity contribution is 7.48. The SMILES string of the molecule is COc1ccc(CN(C(=O)c2c(OP(=O)(OCc3ccccc3)OCc3ccccc3)c3ccccc3n(C)c2=O)c2ccccc2)c(O)c1. The predicted molar refractivity (Wildman–Crippen MR) is 191 cm³/mol. The maximum absolute atomic E-state index is 14.8. The second-order valence-electron chi connectivity index (χ2n) is 11.4. The summed E-state index contributed by atoms with van der Waals surface area (Å²) in [6, 6.07) is 38.5. The van der Waals surface area contributed by atoms with Crippen molar-refractivity contribution in [2.45, 2.75) is 19.8 Å². The van der Waals surface area contributed by atoms with Gasteiger partial charge in [-0.1, -0.05) is 91.0 Å². The average Bonchev–Trinajstić information content (AvgIpc) is 3.16. The third-order valence-corrected chi connectivity index (χ3v) is 9.37. The number of aromatic hydroxyl groups is 1. The topological polar surface area (TPSA) is 117 Å². The van der Waals surface area contributed by atoms with E-state index in [0.29, 0.717) is 39.0 Å². The number of para-hydroxylation sites is 2. The van der Waals surface area contributed by atoms with Crippen LogP contribution in [0.3, 0.4) is 0 Å². The van der Waals surface area contributed by atoms with E-state index >= 15 is 0 Å². The summed E-state index contributed by atoms with van der Waals surface area (Å²) in [5.74, 6) is -0.678. The van der Waals surface area contributed by atoms with Crippen molar-refractivity contribution in [3.63, 3.8) is 0 Å². The molecule has 254 valence electrons. The van der Waals surface area contributed by atoms with Gasteiger partial charge in [-0.2, -0.15) is 0 Å². The molecule has 10 nitrogen and oxygen atoms in total. The minimum absolute atomic E-state index is 0.103. The number of ether oxygens (including phenoxy) is 1. The number of fused-ring (bicyclic) bond motifs is 1. The smallest absolute Gasteiger partial charge is 0.507 e. The maximum Gasteiger partial charge on any atom is 0.530 e. The zero-order valence-electron chi connectivity index (χ0n) is 27.5. The number of nitrogens with zero attached hydrogens (tertiary/aromatic N) is 2. The normalized spacial score (nSPS) is 11.3. The Balaban J connectivity index is 1.48. The molecule has 0 aliphatic rings. The van der Waals surface area contributed by atoms with Crippen molar-refractivity contribution >= 4 is 30.3 Å². The monoisotopic (exact) mass is 690 g/mol. The molecule has 0 saturated heterocycles. The number of rotatable bonds is 13. The minimum atomic E-state index is -4.54. The summed E-state index contributed by atoms with van der Waals surface area (Å²) in [6.07, 6.45) is 0. The summed E-state index contributed by atoms with van der Waals surface area (Å²) >= 11 is 0. The summed E-state index contributed by atoms with van der Waals surface area (Å²) in [6.45, 7) is -0.390. The van der Waals surface area contributed by atoms with E-state index < -0.39 is 24.9 Å². The van der Waals surface area contributed by atoms with Gasteiger partial charge >= 0.3 is 7.82 Å². The standard InChI is InChI=1S/C39H35N2O8P/c1-40-34-21-13-12-20-33(34)37(49-50(45,47-26-28-14-6-3-7-15-28)48-27-29-16-8-4-9-17-29)36(38(40)43)39(44)41(31-18-10-5-11-19-31)25-30-22-23-32(46-2)24-35(30)42/h3-24,42H,25-27H2,1-2H3. The van der Waals surface area contributed by atoms with Crippen molar-refractivity contribution in [3.8, 4) is 17.2 Å². The summed E-state index contributed by atoms with van der Waals surface area (Å²) in [5.41, 5.74) is 1.60.